The van der Waals surface area contributed by atoms with Crippen molar-refractivity contribution in [3.05, 3.63) is 102 Å². The van der Waals surface area contributed by atoms with Crippen LogP contribution < -0.4 is 16.2 Å². The Morgan fingerprint density at radius 2 is 1.50 bits per heavy atom. The summed E-state index contributed by atoms with van der Waals surface area (Å²) in [5.41, 5.74) is 13.9. The molecule has 1 aromatic heterocycles. The SMILES string of the molecule is NC(=O)c1nccnc1C(N)=NCCCCc1ccc(OCCN(CCCc2cccc3ccccc23)CC(O)C(O)C(O)C(O)CO)cc1. The third kappa shape index (κ3) is 11.3. The molecular weight excluding hydrogens is 640 g/mol. The van der Waals surface area contributed by atoms with Crippen LogP contribution in [0.15, 0.2) is 84.1 Å². The van der Waals surface area contributed by atoms with E-state index < -0.39 is 36.9 Å². The number of rotatable bonds is 21. The van der Waals surface area contributed by atoms with E-state index in [0.29, 0.717) is 32.0 Å². The molecule has 268 valence electrons. The molecule has 4 atom stereocenters. The van der Waals surface area contributed by atoms with Crippen LogP contribution in [0, 0.1) is 0 Å². The summed E-state index contributed by atoms with van der Waals surface area (Å²) in [6, 6.07) is 22.3. The van der Waals surface area contributed by atoms with Crippen LogP contribution in [0.3, 0.4) is 0 Å². The number of nitrogens with zero attached hydrogens (tertiary/aromatic N) is 4. The van der Waals surface area contributed by atoms with Crippen molar-refractivity contribution in [1.29, 1.82) is 0 Å². The van der Waals surface area contributed by atoms with Gasteiger partial charge in [-0.15, -0.1) is 0 Å². The number of aryl methyl sites for hydroxylation is 2. The predicted molar refractivity (Wildman–Crippen MR) is 191 cm³/mol. The molecule has 0 aliphatic rings. The number of amides is 1. The number of hydrogen-bond donors (Lipinski definition) is 7. The average Bonchev–Trinajstić information content (AvgIpc) is 3.14. The van der Waals surface area contributed by atoms with Gasteiger partial charge in [0.25, 0.3) is 5.91 Å². The lowest BCUT2D eigenvalue weighted by Gasteiger charge is -2.30. The number of carbonyl (C=O) groups excluding carboxylic acids is 1. The largest absolute Gasteiger partial charge is 0.492 e. The third-order valence-electron chi connectivity index (χ3n) is 8.50. The number of primary amides is 1. The fourth-order valence-electron chi connectivity index (χ4n) is 5.70. The van der Waals surface area contributed by atoms with E-state index >= 15 is 0 Å². The number of amidine groups is 1. The molecule has 0 fully saturated rings. The molecule has 4 aromatic rings. The highest BCUT2D eigenvalue weighted by Gasteiger charge is 2.31. The highest BCUT2D eigenvalue weighted by Crippen LogP contribution is 2.20. The predicted octanol–water partition coefficient (Wildman–Crippen LogP) is 1.21. The summed E-state index contributed by atoms with van der Waals surface area (Å²) >= 11 is 0. The van der Waals surface area contributed by atoms with Gasteiger partial charge in [-0.05, 0) is 72.7 Å². The van der Waals surface area contributed by atoms with Crippen LogP contribution in [-0.2, 0) is 12.8 Å². The number of ether oxygens (including phenoxy) is 1. The summed E-state index contributed by atoms with van der Waals surface area (Å²) in [5.74, 6) is 0.105. The van der Waals surface area contributed by atoms with Gasteiger partial charge in [0.2, 0.25) is 0 Å². The normalized spacial score (nSPS) is 14.4. The molecule has 4 unspecified atom stereocenters. The molecule has 3 aromatic carbocycles. The molecule has 0 radical (unpaired) electrons. The lowest BCUT2D eigenvalue weighted by molar-refractivity contribution is -0.119. The molecular formula is C37H48N6O7. The Hall–Kier alpha value is -4.50. The van der Waals surface area contributed by atoms with Crippen molar-refractivity contribution in [3.63, 3.8) is 0 Å². The van der Waals surface area contributed by atoms with Crippen molar-refractivity contribution in [2.45, 2.75) is 56.5 Å². The Labute approximate surface area is 291 Å². The van der Waals surface area contributed by atoms with Gasteiger partial charge in [0.15, 0.2) is 5.69 Å². The van der Waals surface area contributed by atoms with Crippen molar-refractivity contribution in [1.82, 2.24) is 14.9 Å². The van der Waals surface area contributed by atoms with Gasteiger partial charge in [-0.2, -0.15) is 0 Å². The second-order valence-corrected chi connectivity index (χ2v) is 12.2. The van der Waals surface area contributed by atoms with Gasteiger partial charge in [-0.3, -0.25) is 14.7 Å². The first-order chi connectivity index (χ1) is 24.2. The zero-order valence-corrected chi connectivity index (χ0v) is 28.1. The monoisotopic (exact) mass is 688 g/mol. The maximum Gasteiger partial charge on any atom is 0.269 e. The zero-order chi connectivity index (χ0) is 35.9. The highest BCUT2D eigenvalue weighted by atomic mass is 16.5. The number of fused-ring (bicyclic) bond motifs is 1. The molecule has 0 saturated carbocycles. The maximum absolute atomic E-state index is 11.6. The minimum atomic E-state index is -1.69. The molecule has 4 rings (SSSR count). The van der Waals surface area contributed by atoms with Gasteiger partial charge in [0.05, 0.1) is 12.7 Å². The Balaban J connectivity index is 1.26. The van der Waals surface area contributed by atoms with Crippen LogP contribution in [-0.4, -0.2) is 116 Å². The van der Waals surface area contributed by atoms with Gasteiger partial charge in [0.1, 0.15) is 42.2 Å². The summed E-state index contributed by atoms with van der Waals surface area (Å²) in [7, 11) is 0. The molecule has 1 amide bonds. The molecule has 0 aliphatic heterocycles. The van der Waals surface area contributed by atoms with E-state index in [4.69, 9.17) is 21.3 Å². The molecule has 13 nitrogen and oxygen atoms in total. The molecule has 0 aliphatic carbocycles. The number of carbonyl (C=O) groups is 1. The standard InChI is InChI=1S/C37H48N6O7/c38-36(32-33(37(39)49)41-19-18-40-32)42-17-4-3-7-25-13-15-28(16-14-25)50-22-21-43(23-30(45)34(47)35(48)31(46)24-44)20-6-11-27-10-5-9-26-8-1-2-12-29(26)27/h1-2,5,8-10,12-16,18-19,30-31,34-35,44-48H,3-4,6-7,11,17,20-24H2,(H2,38,42)(H2,39,49). The number of hydrogen-bond acceptors (Lipinski definition) is 11. The minimum Gasteiger partial charge on any atom is -0.492 e. The number of nitrogens with two attached hydrogens (primary N) is 2. The van der Waals surface area contributed by atoms with Crippen molar-refractivity contribution in [3.8, 4) is 5.75 Å². The molecule has 0 saturated heterocycles. The summed E-state index contributed by atoms with van der Waals surface area (Å²) in [6.45, 7) is 1.12. The molecule has 0 spiro atoms. The number of unbranched alkanes of at least 4 members (excludes halogenated alkanes) is 1. The van der Waals surface area contributed by atoms with Crippen LogP contribution in [0.2, 0.25) is 0 Å². The maximum atomic E-state index is 11.6. The van der Waals surface area contributed by atoms with E-state index in [-0.39, 0.29) is 23.8 Å². The van der Waals surface area contributed by atoms with Crippen molar-refractivity contribution in [2.24, 2.45) is 16.5 Å². The Bertz CT molecular complexity index is 1670. The first-order valence-electron chi connectivity index (χ1n) is 16.8. The minimum absolute atomic E-state index is 0.00753. The fourth-order valence-corrected chi connectivity index (χ4v) is 5.70. The summed E-state index contributed by atoms with van der Waals surface area (Å²) in [6.07, 6.45) is 0.618. The lowest BCUT2D eigenvalue weighted by Crippen LogP contribution is -2.50. The summed E-state index contributed by atoms with van der Waals surface area (Å²) in [4.78, 5) is 25.8. The number of aliphatic hydroxyl groups excluding tert-OH is 5. The molecule has 50 heavy (non-hydrogen) atoms. The van der Waals surface area contributed by atoms with Gasteiger partial charge >= 0.3 is 0 Å². The number of aliphatic hydroxyl groups is 5. The van der Waals surface area contributed by atoms with Gasteiger partial charge in [-0.25, -0.2) is 9.97 Å². The van der Waals surface area contributed by atoms with E-state index in [9.17, 15) is 25.2 Å². The molecule has 13 heteroatoms. The van der Waals surface area contributed by atoms with E-state index in [1.807, 2.05) is 47.4 Å². The highest BCUT2D eigenvalue weighted by molar-refractivity contribution is 6.05. The summed E-state index contributed by atoms with van der Waals surface area (Å²) in [5, 5.41) is 52.5. The summed E-state index contributed by atoms with van der Waals surface area (Å²) < 4.78 is 6.01. The van der Waals surface area contributed by atoms with E-state index in [0.717, 1.165) is 37.7 Å². The Morgan fingerprint density at radius 3 is 2.24 bits per heavy atom. The second-order valence-electron chi connectivity index (χ2n) is 12.2. The van der Waals surface area contributed by atoms with Crippen molar-refractivity contribution < 1.29 is 35.1 Å². The Morgan fingerprint density at radius 1 is 0.800 bits per heavy atom. The molecule has 1 heterocycles. The number of aromatic nitrogens is 2. The van der Waals surface area contributed by atoms with Gasteiger partial charge in [-0.1, -0.05) is 54.6 Å². The second kappa shape index (κ2) is 19.6. The van der Waals surface area contributed by atoms with Crippen LogP contribution in [0.5, 0.6) is 5.75 Å². The topological polar surface area (TPSA) is 221 Å². The van der Waals surface area contributed by atoms with Crippen molar-refractivity contribution in [2.75, 3.05) is 39.4 Å². The first-order valence-corrected chi connectivity index (χ1v) is 16.8. The van der Waals surface area contributed by atoms with Crippen LogP contribution in [0.25, 0.3) is 10.8 Å². The molecule has 9 N–H and O–H groups in total. The van der Waals surface area contributed by atoms with E-state index in [2.05, 4.69) is 39.2 Å². The third-order valence-corrected chi connectivity index (χ3v) is 8.50. The smallest absolute Gasteiger partial charge is 0.269 e. The van der Waals surface area contributed by atoms with Crippen molar-refractivity contribution >= 4 is 22.5 Å². The number of aliphatic imine (C=N–C) groups is 1. The fraction of sp³-hybridized carbons (Fsp3) is 0.405. The lowest BCUT2D eigenvalue weighted by atomic mass is 10.0. The van der Waals surface area contributed by atoms with E-state index in [1.165, 1.54) is 28.7 Å². The van der Waals surface area contributed by atoms with Crippen LogP contribution in [0.4, 0.5) is 0 Å². The van der Waals surface area contributed by atoms with Gasteiger partial charge < -0.3 is 41.7 Å². The van der Waals surface area contributed by atoms with E-state index in [1.54, 1.807) is 0 Å². The van der Waals surface area contributed by atoms with Crippen LogP contribution >= 0.6 is 0 Å². The quantitative estimate of drug-likeness (QED) is 0.0375. The van der Waals surface area contributed by atoms with Gasteiger partial charge in [0, 0.05) is 32.0 Å². The van der Waals surface area contributed by atoms with Crippen LogP contribution in [0.1, 0.15) is 46.6 Å². The average molecular weight is 689 g/mol. The molecule has 0 bridgehead atoms. The Kier molecular flexibility index (Phi) is 15.0. The first kappa shape index (κ1) is 38.3. The number of benzene rings is 3. The zero-order valence-electron chi connectivity index (χ0n) is 28.1.